The molecule has 1 heterocycles. The van der Waals surface area contributed by atoms with Gasteiger partial charge >= 0.3 is 35.0 Å². The Balaban J connectivity index is 3.77. The Morgan fingerprint density at radius 3 is 1.27 bits per heavy atom. The maximum absolute atomic E-state index is 13.2. The van der Waals surface area contributed by atoms with Crippen LogP contribution in [0.5, 0.6) is 0 Å². The molecule has 0 aliphatic rings. The van der Waals surface area contributed by atoms with Crippen molar-refractivity contribution < 1.29 is 28.6 Å². The molecule has 1 aromatic rings. The van der Waals surface area contributed by atoms with E-state index in [1.54, 1.807) is 6.92 Å². The minimum atomic E-state index is -1.25. The molecule has 37 heavy (non-hydrogen) atoms. The first-order chi connectivity index (χ1) is 17.4. The lowest BCUT2D eigenvalue weighted by molar-refractivity contribution is -0.147. The van der Waals surface area contributed by atoms with E-state index in [0.717, 1.165) is 20.8 Å². The highest BCUT2D eigenvalue weighted by molar-refractivity contribution is 5.66. The third-order valence-electron chi connectivity index (χ3n) is 4.69. The number of ether oxygens (including phenoxy) is 3. The monoisotopic (exact) mass is 525 g/mol. The first-order valence-electron chi connectivity index (χ1n) is 10.9. The van der Waals surface area contributed by atoms with E-state index in [4.69, 9.17) is 25.3 Å². The van der Waals surface area contributed by atoms with Crippen molar-refractivity contribution in [2.45, 2.75) is 72.1 Å². The highest BCUT2D eigenvalue weighted by Crippen LogP contribution is 2.02. The van der Waals surface area contributed by atoms with Crippen molar-refractivity contribution in [3.8, 4) is 0 Å². The summed E-state index contributed by atoms with van der Waals surface area (Å²) in [7, 11) is 0. The fourth-order valence-corrected chi connectivity index (χ4v) is 3.24. The van der Waals surface area contributed by atoms with E-state index in [2.05, 4.69) is 20.1 Å². The number of carbonyl (C=O) groups is 3. The number of hydrogen-bond donors (Lipinski definition) is 0. The van der Waals surface area contributed by atoms with Gasteiger partial charge in [-0.3, -0.25) is 14.4 Å². The summed E-state index contributed by atoms with van der Waals surface area (Å²) < 4.78 is 16.9. The molecule has 1 rings (SSSR count). The largest absolute Gasteiger partial charge is 0.461 e. The molecule has 0 fully saturated rings. The molecule has 0 aliphatic carbocycles. The van der Waals surface area contributed by atoms with Crippen molar-refractivity contribution >= 4 is 17.9 Å². The molecule has 0 aliphatic heterocycles. The molecule has 202 valence electrons. The van der Waals surface area contributed by atoms with Gasteiger partial charge in [-0.25, -0.2) is 28.1 Å². The van der Waals surface area contributed by atoms with Crippen molar-refractivity contribution in [3.63, 3.8) is 0 Å². The van der Waals surface area contributed by atoms with Gasteiger partial charge in [0.2, 0.25) is 0 Å². The van der Waals surface area contributed by atoms with Gasteiger partial charge in [-0.05, 0) is 17.5 Å². The lowest BCUT2D eigenvalue weighted by Gasteiger charge is -2.22. The van der Waals surface area contributed by atoms with Crippen LogP contribution < -0.4 is 17.1 Å². The Kier molecular flexibility index (Phi) is 12.1. The van der Waals surface area contributed by atoms with Gasteiger partial charge < -0.3 is 14.2 Å². The van der Waals surface area contributed by atoms with Crippen molar-refractivity contribution in [3.05, 3.63) is 52.3 Å². The average Bonchev–Trinajstić information content (AvgIpc) is 2.82. The van der Waals surface area contributed by atoms with Gasteiger partial charge in [0, 0.05) is 30.6 Å². The van der Waals surface area contributed by atoms with Crippen LogP contribution in [-0.4, -0.2) is 63.0 Å². The van der Waals surface area contributed by atoms with Crippen LogP contribution in [0.3, 0.4) is 0 Å². The molecule has 0 amide bonds. The Bertz CT molecular complexity index is 1180. The van der Waals surface area contributed by atoms with E-state index in [1.807, 2.05) is 0 Å². The second-order valence-electron chi connectivity index (χ2n) is 7.61. The van der Waals surface area contributed by atoms with Crippen molar-refractivity contribution in [2.75, 3.05) is 13.1 Å². The van der Waals surface area contributed by atoms with Crippen molar-refractivity contribution in [1.82, 2.24) is 13.7 Å². The summed E-state index contributed by atoms with van der Waals surface area (Å²) >= 11 is 0. The molecule has 0 saturated carbocycles. The van der Waals surface area contributed by atoms with Crippen LogP contribution in [0.2, 0.25) is 0 Å². The maximum atomic E-state index is 13.2. The number of aromatic nitrogens is 3. The first-order valence-corrected chi connectivity index (χ1v) is 10.9. The topological polar surface area (TPSA) is 242 Å². The van der Waals surface area contributed by atoms with Crippen LogP contribution in [0.1, 0.15) is 34.1 Å². The van der Waals surface area contributed by atoms with E-state index in [-0.39, 0.29) is 6.42 Å². The summed E-state index contributed by atoms with van der Waals surface area (Å²) in [5, 5.41) is 6.60. The maximum Gasteiger partial charge on any atom is 0.336 e. The van der Waals surface area contributed by atoms with Crippen LogP contribution in [0.15, 0.2) is 24.6 Å². The molecule has 3 atom stereocenters. The SMILES string of the molecule is CCC(Cn1c(=O)n(CC(CN=[N+]=[N-])OC(C)=O)c(=O)n(CC(CN=[N+]=[N-])OC(C)=O)c1=O)OC(C)=O. The highest BCUT2D eigenvalue weighted by Gasteiger charge is 2.24. The van der Waals surface area contributed by atoms with Crippen LogP contribution in [0, 0.1) is 0 Å². The molecule has 18 heteroatoms. The van der Waals surface area contributed by atoms with E-state index in [1.165, 1.54) is 0 Å². The quantitative estimate of drug-likeness (QED) is 0.104. The summed E-state index contributed by atoms with van der Waals surface area (Å²) in [5.41, 5.74) is 13.8. The molecular formula is C19H27N9O9. The van der Waals surface area contributed by atoms with Crippen LogP contribution in [0.25, 0.3) is 20.9 Å². The minimum Gasteiger partial charge on any atom is -0.461 e. The number of nitrogens with zero attached hydrogens (tertiary/aromatic N) is 9. The molecule has 0 spiro atoms. The Labute approximate surface area is 208 Å². The zero-order valence-electron chi connectivity index (χ0n) is 20.7. The second kappa shape index (κ2) is 14.8. The van der Waals surface area contributed by atoms with Gasteiger partial charge in [0.05, 0.1) is 32.7 Å². The van der Waals surface area contributed by atoms with Crippen molar-refractivity contribution in [1.29, 1.82) is 0 Å². The third-order valence-corrected chi connectivity index (χ3v) is 4.69. The Morgan fingerprint density at radius 2 is 1.00 bits per heavy atom. The fraction of sp³-hybridized carbons (Fsp3) is 0.684. The van der Waals surface area contributed by atoms with E-state index < -0.39 is 86.0 Å². The number of esters is 3. The minimum absolute atomic E-state index is 0.213. The predicted octanol–water partition coefficient (Wildman–Crippen LogP) is -0.00260. The van der Waals surface area contributed by atoms with Gasteiger partial charge in [-0.1, -0.05) is 17.2 Å². The van der Waals surface area contributed by atoms with Gasteiger partial charge in [0.25, 0.3) is 0 Å². The molecule has 0 saturated heterocycles. The molecule has 18 nitrogen and oxygen atoms in total. The number of carbonyl (C=O) groups excluding carboxylic acids is 3. The van der Waals surface area contributed by atoms with E-state index >= 15 is 0 Å². The zero-order chi connectivity index (χ0) is 28.1. The normalized spacial score (nSPS) is 12.8. The Morgan fingerprint density at radius 1 is 0.703 bits per heavy atom. The van der Waals surface area contributed by atoms with Gasteiger partial charge in [0.1, 0.15) is 18.3 Å². The molecule has 3 unspecified atom stereocenters. The summed E-state index contributed by atoms with van der Waals surface area (Å²) in [5.74, 6) is -2.24. The predicted molar refractivity (Wildman–Crippen MR) is 124 cm³/mol. The first kappa shape index (κ1) is 30.5. The summed E-state index contributed by atoms with van der Waals surface area (Å²) in [6.07, 6.45) is -3.20. The van der Waals surface area contributed by atoms with E-state index in [0.29, 0.717) is 13.7 Å². The van der Waals surface area contributed by atoms with Crippen LogP contribution >= 0.6 is 0 Å². The molecule has 0 N–H and O–H groups in total. The molecule has 0 radical (unpaired) electrons. The smallest absolute Gasteiger partial charge is 0.336 e. The standard InChI is InChI=1S/C19H27N9O9/c1-5-14(35-11(2)29)8-26-17(32)27(9-15(6-22-24-20)36-12(3)30)19(34)28(18(26)33)10-16(7-23-25-21)37-13(4)31/h14-16H,5-10H2,1-4H3. The van der Waals surface area contributed by atoms with Crippen molar-refractivity contribution in [2.24, 2.45) is 10.2 Å². The fourth-order valence-electron chi connectivity index (χ4n) is 3.24. The lowest BCUT2D eigenvalue weighted by atomic mass is 10.2. The second-order valence-corrected chi connectivity index (χ2v) is 7.61. The average molecular weight is 525 g/mol. The summed E-state index contributed by atoms with van der Waals surface area (Å²) in [6.45, 7) is 2.41. The number of rotatable bonds is 14. The van der Waals surface area contributed by atoms with Crippen LogP contribution in [-0.2, 0) is 48.2 Å². The summed E-state index contributed by atoms with van der Waals surface area (Å²) in [6, 6.07) is 0. The number of hydrogen-bond acceptors (Lipinski definition) is 11. The number of azide groups is 2. The summed E-state index contributed by atoms with van der Waals surface area (Å²) in [4.78, 5) is 79.2. The molecular weight excluding hydrogens is 498 g/mol. The van der Waals surface area contributed by atoms with Gasteiger partial charge in [0.15, 0.2) is 0 Å². The van der Waals surface area contributed by atoms with E-state index in [9.17, 15) is 28.8 Å². The molecule has 1 aromatic heterocycles. The zero-order valence-corrected chi connectivity index (χ0v) is 20.7. The Hall–Kier alpha value is -4.56. The third kappa shape index (κ3) is 9.54. The highest BCUT2D eigenvalue weighted by atomic mass is 16.6. The molecule has 0 bridgehead atoms. The van der Waals surface area contributed by atoms with Gasteiger partial charge in [-0.2, -0.15) is 0 Å². The molecule has 0 aromatic carbocycles. The van der Waals surface area contributed by atoms with Gasteiger partial charge in [-0.15, -0.1) is 0 Å². The van der Waals surface area contributed by atoms with Crippen LogP contribution in [0.4, 0.5) is 0 Å². The lowest BCUT2D eigenvalue weighted by Crippen LogP contribution is -2.57.